The Morgan fingerprint density at radius 3 is 2.62 bits per heavy atom. The van der Waals surface area contributed by atoms with Gasteiger partial charge in [0.2, 0.25) is 5.91 Å². The van der Waals surface area contributed by atoms with Gasteiger partial charge in [0.15, 0.2) is 5.82 Å². The van der Waals surface area contributed by atoms with Crippen molar-refractivity contribution >= 4 is 45.0 Å². The van der Waals surface area contributed by atoms with Crippen molar-refractivity contribution in [2.45, 2.75) is 31.6 Å². The monoisotopic (exact) mass is 591 g/mol. The van der Waals surface area contributed by atoms with Crippen LogP contribution in [0.1, 0.15) is 13.3 Å². The highest BCUT2D eigenvalue weighted by atomic mass is 35.5. The van der Waals surface area contributed by atoms with Crippen LogP contribution in [0, 0.1) is 5.82 Å². The summed E-state index contributed by atoms with van der Waals surface area (Å²) < 4.78 is 36.6. The molecule has 3 aromatic carbocycles. The summed E-state index contributed by atoms with van der Waals surface area (Å²) in [6.45, 7) is 7.54. The van der Waals surface area contributed by atoms with Crippen LogP contribution in [0.3, 0.4) is 0 Å². The molecule has 2 fully saturated rings. The lowest BCUT2D eigenvalue weighted by Gasteiger charge is -2.40. The maximum Gasteiger partial charge on any atom is 0.319 e. The number of likely N-dealkylation sites (N-methyl/N-ethyl adjacent to an activating group) is 1. The van der Waals surface area contributed by atoms with Gasteiger partial charge in [-0.25, -0.2) is 8.78 Å². The molecule has 42 heavy (non-hydrogen) atoms. The van der Waals surface area contributed by atoms with Crippen molar-refractivity contribution in [3.8, 4) is 17.1 Å². The minimum atomic E-state index is -0.917. The number of carbonyl (C=O) groups is 1. The molecular weight excluding hydrogens is 560 g/mol. The third-order valence-electron chi connectivity index (χ3n) is 8.34. The maximum atomic E-state index is 16.6. The molecule has 2 aliphatic rings. The van der Waals surface area contributed by atoms with E-state index in [-0.39, 0.29) is 36.1 Å². The Morgan fingerprint density at radius 2 is 1.90 bits per heavy atom. The number of hydrogen-bond donors (Lipinski definition) is 0. The van der Waals surface area contributed by atoms with Gasteiger partial charge in [-0.05, 0) is 49.6 Å². The van der Waals surface area contributed by atoms with Crippen LogP contribution in [0.4, 0.5) is 14.6 Å². The van der Waals surface area contributed by atoms with E-state index in [1.807, 2.05) is 55.3 Å². The van der Waals surface area contributed by atoms with E-state index in [9.17, 15) is 9.18 Å². The number of halogens is 3. The molecular formula is C32H32ClF2N5O2. The molecule has 6 rings (SSSR count). The molecule has 7 nitrogen and oxygen atoms in total. The first-order valence-electron chi connectivity index (χ1n) is 14.1. The molecule has 2 aliphatic heterocycles. The first-order valence-corrected chi connectivity index (χ1v) is 14.5. The van der Waals surface area contributed by atoms with Crippen molar-refractivity contribution in [2.24, 2.45) is 0 Å². The van der Waals surface area contributed by atoms with E-state index in [4.69, 9.17) is 21.3 Å². The fraction of sp³-hybridized carbons (Fsp3) is 0.344. The van der Waals surface area contributed by atoms with Gasteiger partial charge in [-0.15, -0.1) is 0 Å². The molecule has 3 atom stereocenters. The van der Waals surface area contributed by atoms with E-state index < -0.39 is 12.0 Å². The Balaban J connectivity index is 1.45. The summed E-state index contributed by atoms with van der Waals surface area (Å²) in [6, 6.07) is 14.6. The van der Waals surface area contributed by atoms with Crippen LogP contribution in [0.5, 0.6) is 6.01 Å². The van der Waals surface area contributed by atoms with E-state index in [0.717, 1.165) is 10.8 Å². The minimum Gasteiger partial charge on any atom is -0.462 e. The van der Waals surface area contributed by atoms with Crippen molar-refractivity contribution in [3.63, 3.8) is 0 Å². The van der Waals surface area contributed by atoms with Crippen molar-refractivity contribution in [1.29, 1.82) is 0 Å². The molecule has 0 radical (unpaired) electrons. The number of hydrogen-bond acceptors (Lipinski definition) is 6. The average molecular weight is 592 g/mol. The lowest BCUT2D eigenvalue weighted by Crippen LogP contribution is -2.53. The van der Waals surface area contributed by atoms with E-state index in [0.29, 0.717) is 60.0 Å². The number of carbonyl (C=O) groups excluding carboxylic acids is 1. The van der Waals surface area contributed by atoms with Crippen LogP contribution in [-0.4, -0.2) is 83.8 Å². The van der Waals surface area contributed by atoms with Gasteiger partial charge < -0.3 is 14.5 Å². The van der Waals surface area contributed by atoms with Gasteiger partial charge in [0.05, 0.1) is 0 Å². The Labute approximate surface area is 248 Å². The highest BCUT2D eigenvalue weighted by molar-refractivity contribution is 6.36. The summed E-state index contributed by atoms with van der Waals surface area (Å²) in [7, 11) is 1.85. The fourth-order valence-electron chi connectivity index (χ4n) is 6.12. The molecule has 0 unspecified atom stereocenters. The molecule has 10 heteroatoms. The maximum absolute atomic E-state index is 16.6. The molecule has 1 aromatic heterocycles. The fourth-order valence-corrected chi connectivity index (χ4v) is 6.40. The van der Waals surface area contributed by atoms with Gasteiger partial charge >= 0.3 is 6.01 Å². The summed E-state index contributed by atoms with van der Waals surface area (Å²) in [4.78, 5) is 27.3. The van der Waals surface area contributed by atoms with Crippen LogP contribution < -0.4 is 9.64 Å². The van der Waals surface area contributed by atoms with E-state index in [2.05, 4.69) is 16.5 Å². The Bertz CT molecular complexity index is 1680. The van der Waals surface area contributed by atoms with E-state index >= 15 is 4.39 Å². The summed E-state index contributed by atoms with van der Waals surface area (Å²) in [5.74, 6) is -0.115. The number of amides is 1. The number of ether oxygens (including phenoxy) is 1. The molecule has 0 N–H and O–H groups in total. The second kappa shape index (κ2) is 11.5. The number of benzene rings is 3. The van der Waals surface area contributed by atoms with Gasteiger partial charge in [0.1, 0.15) is 24.1 Å². The van der Waals surface area contributed by atoms with Crippen molar-refractivity contribution in [2.75, 3.05) is 44.7 Å². The normalized spacial score (nSPS) is 21.3. The van der Waals surface area contributed by atoms with Gasteiger partial charge in [0.25, 0.3) is 0 Å². The quantitative estimate of drug-likeness (QED) is 0.261. The number of fused-ring (bicyclic) bond motifs is 2. The molecule has 218 valence electrons. The number of rotatable bonds is 6. The van der Waals surface area contributed by atoms with Crippen LogP contribution in [-0.2, 0) is 4.79 Å². The van der Waals surface area contributed by atoms with E-state index in [1.54, 1.807) is 17.0 Å². The second-order valence-electron chi connectivity index (χ2n) is 11.1. The summed E-state index contributed by atoms with van der Waals surface area (Å²) in [5, 5.41) is 2.72. The largest absolute Gasteiger partial charge is 0.462 e. The van der Waals surface area contributed by atoms with Gasteiger partial charge in [0, 0.05) is 59.6 Å². The number of alkyl halides is 1. The Hall–Kier alpha value is -3.82. The van der Waals surface area contributed by atoms with Crippen molar-refractivity contribution < 1.29 is 18.3 Å². The first-order chi connectivity index (χ1) is 20.2. The van der Waals surface area contributed by atoms with Gasteiger partial charge in [-0.2, -0.15) is 9.97 Å². The number of piperazine rings is 1. The predicted octanol–water partition coefficient (Wildman–Crippen LogP) is 5.89. The van der Waals surface area contributed by atoms with Crippen molar-refractivity contribution in [3.05, 3.63) is 72.0 Å². The zero-order valence-electron chi connectivity index (χ0n) is 23.6. The molecule has 3 heterocycles. The molecule has 4 aromatic rings. The number of likely N-dealkylation sites (tertiary alicyclic amines) is 1. The molecule has 2 saturated heterocycles. The zero-order valence-corrected chi connectivity index (χ0v) is 24.3. The number of nitrogens with zero attached hydrogens (tertiary/aromatic N) is 5. The van der Waals surface area contributed by atoms with Crippen LogP contribution in [0.15, 0.2) is 61.2 Å². The molecule has 0 spiro atoms. The summed E-state index contributed by atoms with van der Waals surface area (Å²) >= 11 is 6.58. The number of aromatic nitrogens is 2. The zero-order chi connectivity index (χ0) is 29.5. The first kappa shape index (κ1) is 28.3. The SMILES string of the molecule is C=CC(=O)N1CCN(c2nc(OC[C@@H]3C[C@@H](F)CN3C)nc3c(F)c(-c4cccc5cccc(Cl)c45)ccc23)[C@@H](C)C1. The number of anilines is 1. The average Bonchev–Trinajstić information content (AvgIpc) is 3.31. The highest BCUT2D eigenvalue weighted by Crippen LogP contribution is 2.39. The lowest BCUT2D eigenvalue weighted by molar-refractivity contribution is -0.126. The lowest BCUT2D eigenvalue weighted by atomic mass is 9.96. The third kappa shape index (κ3) is 5.16. The summed E-state index contributed by atoms with van der Waals surface area (Å²) in [5.41, 5.74) is 1.14. The standard InChI is InChI=1S/C32H32ClF2N5O2/c1-4-27(41)39-13-14-40(19(2)16-39)31-25-12-11-24(23-9-5-7-20-8-6-10-26(33)28(20)23)29(35)30(25)36-32(37-31)42-18-22-15-21(34)17-38(22)3/h4-12,19,21-22H,1,13-18H2,2-3H3/t19-,21+,22-/m0/s1. The minimum absolute atomic E-state index is 0.0250. The van der Waals surface area contributed by atoms with Gasteiger partial charge in [-0.1, -0.05) is 54.6 Å². The Morgan fingerprint density at radius 1 is 1.12 bits per heavy atom. The molecule has 0 aliphatic carbocycles. The smallest absolute Gasteiger partial charge is 0.319 e. The predicted molar refractivity (Wildman–Crippen MR) is 162 cm³/mol. The van der Waals surface area contributed by atoms with Crippen LogP contribution in [0.25, 0.3) is 32.8 Å². The third-order valence-corrected chi connectivity index (χ3v) is 8.65. The van der Waals surface area contributed by atoms with Crippen LogP contribution >= 0.6 is 11.6 Å². The molecule has 0 saturated carbocycles. The van der Waals surface area contributed by atoms with Crippen LogP contribution in [0.2, 0.25) is 5.02 Å². The topological polar surface area (TPSA) is 61.8 Å². The molecule has 0 bridgehead atoms. The second-order valence-corrected chi connectivity index (χ2v) is 11.5. The molecule has 1 amide bonds. The van der Waals surface area contributed by atoms with E-state index in [1.165, 1.54) is 6.08 Å². The summed E-state index contributed by atoms with van der Waals surface area (Å²) in [6.07, 6.45) is 0.750. The highest BCUT2D eigenvalue weighted by Gasteiger charge is 2.32. The van der Waals surface area contributed by atoms with Crippen molar-refractivity contribution in [1.82, 2.24) is 19.8 Å². The Kier molecular flexibility index (Phi) is 7.72. The van der Waals surface area contributed by atoms with Gasteiger partial charge in [-0.3, -0.25) is 9.69 Å².